The average molecular weight is 198 g/mol. The van der Waals surface area contributed by atoms with Gasteiger partial charge in [0.05, 0.1) is 0 Å². The molecular formula is C8H14N4S. The van der Waals surface area contributed by atoms with E-state index in [1.165, 1.54) is 19.4 Å². The maximum Gasteiger partial charge on any atom is 0.190 e. The molecular weight excluding hydrogens is 184 g/mol. The van der Waals surface area contributed by atoms with Gasteiger partial charge in [0.25, 0.3) is 0 Å². The highest BCUT2D eigenvalue weighted by atomic mass is 32.2. The van der Waals surface area contributed by atoms with E-state index >= 15 is 0 Å². The maximum atomic E-state index is 4.02. The van der Waals surface area contributed by atoms with Crippen LogP contribution >= 0.6 is 11.8 Å². The molecule has 1 N–H and O–H groups in total. The van der Waals surface area contributed by atoms with E-state index in [-0.39, 0.29) is 0 Å². The average Bonchev–Trinajstić information content (AvgIpc) is 2.72. The minimum atomic E-state index is 0.668. The Kier molecular flexibility index (Phi) is 2.85. The molecule has 1 aliphatic rings. The Hall–Kier alpha value is -0.550. The smallest absolute Gasteiger partial charge is 0.190 e. The van der Waals surface area contributed by atoms with Crippen molar-refractivity contribution in [3.63, 3.8) is 0 Å². The summed E-state index contributed by atoms with van der Waals surface area (Å²) >= 11 is 1.78. The summed E-state index contributed by atoms with van der Waals surface area (Å²) in [4.78, 5) is 0. The summed E-state index contributed by atoms with van der Waals surface area (Å²) in [6, 6.07) is 0.668. The minimum absolute atomic E-state index is 0.668. The zero-order valence-electron chi connectivity index (χ0n) is 7.73. The van der Waals surface area contributed by atoms with Crippen LogP contribution in [0.2, 0.25) is 0 Å². The van der Waals surface area contributed by atoms with Crippen molar-refractivity contribution in [1.29, 1.82) is 0 Å². The molecule has 1 aromatic heterocycles. The first-order valence-electron chi connectivity index (χ1n) is 4.56. The molecule has 0 spiro atoms. The fourth-order valence-electron chi connectivity index (χ4n) is 1.48. The minimum Gasteiger partial charge on any atom is -0.313 e. The van der Waals surface area contributed by atoms with Gasteiger partial charge in [-0.3, -0.25) is 0 Å². The van der Waals surface area contributed by atoms with E-state index in [1.54, 1.807) is 18.1 Å². The van der Waals surface area contributed by atoms with Crippen LogP contribution in [0.15, 0.2) is 11.5 Å². The van der Waals surface area contributed by atoms with Gasteiger partial charge in [-0.25, -0.2) is 0 Å². The molecule has 2 rings (SSSR count). The molecule has 0 amide bonds. The number of nitrogens with zero attached hydrogens (tertiary/aromatic N) is 3. The van der Waals surface area contributed by atoms with Crippen LogP contribution in [-0.2, 0) is 7.05 Å². The highest BCUT2D eigenvalue weighted by molar-refractivity contribution is 7.99. The van der Waals surface area contributed by atoms with E-state index in [2.05, 4.69) is 15.5 Å². The number of nitrogens with one attached hydrogen (secondary N) is 1. The molecule has 0 radical (unpaired) electrons. The predicted octanol–water partition coefficient (Wildman–Crippen LogP) is 0.659. The summed E-state index contributed by atoms with van der Waals surface area (Å²) in [7, 11) is 1.98. The number of hydrogen-bond donors (Lipinski definition) is 1. The Morgan fingerprint density at radius 3 is 3.31 bits per heavy atom. The number of aromatic nitrogens is 3. The fraction of sp³-hybridized carbons (Fsp3) is 0.750. The molecule has 1 atom stereocenters. The van der Waals surface area contributed by atoms with Crippen molar-refractivity contribution >= 4 is 11.8 Å². The lowest BCUT2D eigenvalue weighted by molar-refractivity contribution is 0.671. The second kappa shape index (κ2) is 4.11. The number of aryl methyl sites for hydroxylation is 1. The lowest BCUT2D eigenvalue weighted by atomic mass is 10.3. The summed E-state index contributed by atoms with van der Waals surface area (Å²) in [5.74, 6) is 1.10. The van der Waals surface area contributed by atoms with Gasteiger partial charge in [0.1, 0.15) is 6.33 Å². The van der Waals surface area contributed by atoms with Crippen molar-refractivity contribution in [3.8, 4) is 0 Å². The number of hydrogen-bond acceptors (Lipinski definition) is 4. The molecule has 0 saturated carbocycles. The second-order valence-electron chi connectivity index (χ2n) is 3.33. The summed E-state index contributed by atoms with van der Waals surface area (Å²) < 4.78 is 1.96. The van der Waals surface area contributed by atoms with Gasteiger partial charge in [-0.2, -0.15) is 0 Å². The zero-order valence-corrected chi connectivity index (χ0v) is 8.55. The monoisotopic (exact) mass is 198 g/mol. The van der Waals surface area contributed by atoms with Crippen molar-refractivity contribution in [2.45, 2.75) is 24.0 Å². The lowest BCUT2D eigenvalue weighted by Crippen LogP contribution is -2.23. The van der Waals surface area contributed by atoms with Gasteiger partial charge in [-0.15, -0.1) is 10.2 Å². The van der Waals surface area contributed by atoms with Crippen LogP contribution in [0.1, 0.15) is 12.8 Å². The number of thioether (sulfide) groups is 1. The highest BCUT2D eigenvalue weighted by Gasteiger charge is 2.14. The Balaban J connectivity index is 1.82. The van der Waals surface area contributed by atoms with E-state index in [9.17, 15) is 0 Å². The third-order valence-corrected chi connectivity index (χ3v) is 3.44. The molecule has 1 saturated heterocycles. The summed E-state index contributed by atoms with van der Waals surface area (Å²) in [5, 5.41) is 12.3. The predicted molar refractivity (Wildman–Crippen MR) is 52.8 cm³/mol. The summed E-state index contributed by atoms with van der Waals surface area (Å²) in [6.07, 6.45) is 4.35. The van der Waals surface area contributed by atoms with E-state index in [4.69, 9.17) is 0 Å². The molecule has 1 aliphatic heterocycles. The molecule has 2 heterocycles. The van der Waals surface area contributed by atoms with Crippen molar-refractivity contribution in [1.82, 2.24) is 20.1 Å². The van der Waals surface area contributed by atoms with Gasteiger partial charge in [0.2, 0.25) is 0 Å². The Morgan fingerprint density at radius 2 is 2.69 bits per heavy atom. The van der Waals surface area contributed by atoms with Crippen LogP contribution in [-0.4, -0.2) is 33.1 Å². The molecule has 0 bridgehead atoms. The largest absolute Gasteiger partial charge is 0.313 e. The molecule has 0 aliphatic carbocycles. The standard InChI is InChI=1S/C8H14N4S/c1-12-6-10-11-8(12)13-5-7-3-2-4-9-7/h6-7,9H,2-5H2,1H3/t7-/m1/s1. The summed E-state index contributed by atoms with van der Waals surface area (Å²) in [6.45, 7) is 1.17. The topological polar surface area (TPSA) is 42.7 Å². The van der Waals surface area contributed by atoms with Crippen LogP contribution in [0.5, 0.6) is 0 Å². The zero-order chi connectivity index (χ0) is 9.10. The molecule has 1 fully saturated rings. The molecule has 1 aromatic rings. The first kappa shape index (κ1) is 9.02. The van der Waals surface area contributed by atoms with Crippen molar-refractivity contribution in [3.05, 3.63) is 6.33 Å². The third-order valence-electron chi connectivity index (χ3n) is 2.25. The Labute approximate surface area is 82.1 Å². The van der Waals surface area contributed by atoms with E-state index < -0.39 is 0 Å². The van der Waals surface area contributed by atoms with Crippen LogP contribution in [0, 0.1) is 0 Å². The van der Waals surface area contributed by atoms with Gasteiger partial charge in [0, 0.05) is 18.8 Å². The molecule has 13 heavy (non-hydrogen) atoms. The lowest BCUT2D eigenvalue weighted by Gasteiger charge is -2.07. The van der Waals surface area contributed by atoms with E-state index in [1.807, 2.05) is 11.6 Å². The SMILES string of the molecule is Cn1cnnc1SC[C@H]1CCCN1. The van der Waals surface area contributed by atoms with Crippen LogP contribution in [0.3, 0.4) is 0 Å². The molecule has 5 heteroatoms. The molecule has 4 nitrogen and oxygen atoms in total. The van der Waals surface area contributed by atoms with Gasteiger partial charge in [-0.05, 0) is 19.4 Å². The first-order chi connectivity index (χ1) is 6.36. The van der Waals surface area contributed by atoms with Gasteiger partial charge >= 0.3 is 0 Å². The summed E-state index contributed by atoms with van der Waals surface area (Å²) in [5.41, 5.74) is 0. The van der Waals surface area contributed by atoms with Crippen LogP contribution in [0.4, 0.5) is 0 Å². The Bertz CT molecular complexity index is 267. The van der Waals surface area contributed by atoms with E-state index in [0.717, 1.165) is 10.9 Å². The van der Waals surface area contributed by atoms with Gasteiger partial charge in [-0.1, -0.05) is 11.8 Å². The van der Waals surface area contributed by atoms with Crippen LogP contribution < -0.4 is 5.32 Å². The van der Waals surface area contributed by atoms with Crippen molar-refractivity contribution < 1.29 is 0 Å². The number of rotatable bonds is 3. The molecule has 0 unspecified atom stereocenters. The van der Waals surface area contributed by atoms with Crippen molar-refractivity contribution in [2.24, 2.45) is 7.05 Å². The van der Waals surface area contributed by atoms with Crippen LogP contribution in [0.25, 0.3) is 0 Å². The van der Waals surface area contributed by atoms with E-state index in [0.29, 0.717) is 6.04 Å². The van der Waals surface area contributed by atoms with Gasteiger partial charge < -0.3 is 9.88 Å². The first-order valence-corrected chi connectivity index (χ1v) is 5.55. The third kappa shape index (κ3) is 2.22. The maximum absolute atomic E-state index is 4.02. The van der Waals surface area contributed by atoms with Crippen molar-refractivity contribution in [2.75, 3.05) is 12.3 Å². The molecule has 0 aromatic carbocycles. The Morgan fingerprint density at radius 1 is 1.77 bits per heavy atom. The quantitative estimate of drug-likeness (QED) is 0.725. The highest BCUT2D eigenvalue weighted by Crippen LogP contribution is 2.18. The van der Waals surface area contributed by atoms with Gasteiger partial charge in [0.15, 0.2) is 5.16 Å². The fourth-order valence-corrected chi connectivity index (χ4v) is 2.47. The normalized spacial score (nSPS) is 22.4. The molecule has 72 valence electrons. The second-order valence-corrected chi connectivity index (χ2v) is 4.32.